The van der Waals surface area contributed by atoms with E-state index in [9.17, 15) is 13.2 Å². The molecule has 1 aromatic rings. The highest BCUT2D eigenvalue weighted by atomic mass is 32.2. The third kappa shape index (κ3) is 3.41. The molecule has 1 aromatic carbocycles. The molecule has 2 aliphatic rings. The first-order chi connectivity index (χ1) is 11.3. The van der Waals surface area contributed by atoms with Gasteiger partial charge in [0.25, 0.3) is 0 Å². The number of hydrogen-bond donors (Lipinski definition) is 0. The average molecular weight is 347 g/mol. The van der Waals surface area contributed by atoms with Gasteiger partial charge in [0.1, 0.15) is 0 Å². The molecular weight excluding hydrogens is 322 g/mol. The van der Waals surface area contributed by atoms with Crippen LogP contribution in [0.3, 0.4) is 0 Å². The minimum atomic E-state index is -3.33. The Morgan fingerprint density at radius 1 is 1.21 bits per heavy atom. The SMILES string of the molecule is CC(=O)c1ccc(S(C)(=O)=O)c(N2CCC[C@@]3(CC=CCC3)C2)c1. The van der Waals surface area contributed by atoms with Crippen LogP contribution in [0.4, 0.5) is 5.69 Å². The Kier molecular flexibility index (Phi) is 4.56. The number of sulfone groups is 1. The normalized spacial score (nSPS) is 24.3. The molecule has 0 radical (unpaired) electrons. The second-order valence-electron chi connectivity index (χ2n) is 7.25. The van der Waals surface area contributed by atoms with Gasteiger partial charge in [-0.1, -0.05) is 12.2 Å². The molecule has 1 aliphatic heterocycles. The van der Waals surface area contributed by atoms with Gasteiger partial charge in [-0.2, -0.15) is 0 Å². The van der Waals surface area contributed by atoms with Crippen molar-refractivity contribution in [2.24, 2.45) is 5.41 Å². The first kappa shape index (κ1) is 17.2. The maximum Gasteiger partial charge on any atom is 0.177 e. The van der Waals surface area contributed by atoms with Gasteiger partial charge in [-0.3, -0.25) is 4.79 Å². The van der Waals surface area contributed by atoms with Crippen LogP contribution in [0.2, 0.25) is 0 Å². The molecule has 0 saturated carbocycles. The molecule has 4 nitrogen and oxygen atoms in total. The summed E-state index contributed by atoms with van der Waals surface area (Å²) in [5.74, 6) is -0.0383. The van der Waals surface area contributed by atoms with E-state index in [4.69, 9.17) is 0 Å². The predicted octanol–water partition coefficient (Wildman–Crippen LogP) is 3.62. The summed E-state index contributed by atoms with van der Waals surface area (Å²) in [5, 5.41) is 0. The fourth-order valence-corrected chi connectivity index (χ4v) is 4.91. The molecule has 0 N–H and O–H groups in total. The van der Waals surface area contributed by atoms with E-state index in [1.54, 1.807) is 18.2 Å². The van der Waals surface area contributed by atoms with Gasteiger partial charge in [-0.25, -0.2) is 8.42 Å². The molecule has 1 saturated heterocycles. The Hall–Kier alpha value is -1.62. The Morgan fingerprint density at radius 3 is 2.62 bits per heavy atom. The Balaban J connectivity index is 2.01. The third-order valence-electron chi connectivity index (χ3n) is 5.33. The Labute approximate surface area is 144 Å². The number of Topliss-reactive ketones (excluding diaryl/α,β-unsaturated/α-hetero) is 1. The lowest BCUT2D eigenvalue weighted by Gasteiger charge is -2.45. The second kappa shape index (κ2) is 6.36. The van der Waals surface area contributed by atoms with Gasteiger partial charge in [0.2, 0.25) is 0 Å². The van der Waals surface area contributed by atoms with E-state index in [-0.39, 0.29) is 11.2 Å². The van der Waals surface area contributed by atoms with Crippen molar-refractivity contribution in [1.82, 2.24) is 0 Å². The number of benzene rings is 1. The van der Waals surface area contributed by atoms with E-state index in [2.05, 4.69) is 17.1 Å². The van der Waals surface area contributed by atoms with Crippen LogP contribution in [0.1, 0.15) is 49.4 Å². The topological polar surface area (TPSA) is 54.5 Å². The van der Waals surface area contributed by atoms with Crippen molar-refractivity contribution in [3.8, 4) is 0 Å². The second-order valence-corrected chi connectivity index (χ2v) is 9.23. The molecule has 1 fully saturated rings. The summed E-state index contributed by atoms with van der Waals surface area (Å²) in [4.78, 5) is 14.3. The largest absolute Gasteiger partial charge is 0.370 e. The van der Waals surface area contributed by atoms with Gasteiger partial charge in [0, 0.05) is 24.9 Å². The molecule has 0 amide bonds. The van der Waals surface area contributed by atoms with E-state index in [1.165, 1.54) is 19.6 Å². The zero-order chi connectivity index (χ0) is 17.4. The maximum absolute atomic E-state index is 12.2. The van der Waals surface area contributed by atoms with Crippen molar-refractivity contribution < 1.29 is 13.2 Å². The highest BCUT2D eigenvalue weighted by molar-refractivity contribution is 7.90. The van der Waals surface area contributed by atoms with Gasteiger partial charge < -0.3 is 4.90 Å². The number of carbonyl (C=O) groups is 1. The smallest absolute Gasteiger partial charge is 0.177 e. The highest BCUT2D eigenvalue weighted by Crippen LogP contribution is 2.43. The molecule has 24 heavy (non-hydrogen) atoms. The van der Waals surface area contributed by atoms with Crippen molar-refractivity contribution in [2.45, 2.75) is 43.9 Å². The van der Waals surface area contributed by atoms with Gasteiger partial charge >= 0.3 is 0 Å². The van der Waals surface area contributed by atoms with Crippen molar-refractivity contribution in [3.63, 3.8) is 0 Å². The Bertz CT molecular complexity index is 782. The Morgan fingerprint density at radius 2 is 2.00 bits per heavy atom. The van der Waals surface area contributed by atoms with Gasteiger partial charge in [-0.15, -0.1) is 0 Å². The maximum atomic E-state index is 12.2. The number of carbonyl (C=O) groups excluding carboxylic acids is 1. The van der Waals surface area contributed by atoms with Crippen molar-refractivity contribution in [3.05, 3.63) is 35.9 Å². The number of ketones is 1. The molecule has 1 atom stereocenters. The van der Waals surface area contributed by atoms with E-state index in [0.29, 0.717) is 16.1 Å². The van der Waals surface area contributed by atoms with Crippen LogP contribution in [0.5, 0.6) is 0 Å². The minimum absolute atomic E-state index is 0.0383. The highest BCUT2D eigenvalue weighted by Gasteiger charge is 2.36. The lowest BCUT2D eigenvalue weighted by Crippen LogP contribution is -2.44. The fourth-order valence-electron chi connectivity index (χ4n) is 4.02. The van der Waals surface area contributed by atoms with E-state index in [1.807, 2.05) is 0 Å². The monoisotopic (exact) mass is 347 g/mol. The fraction of sp³-hybridized carbons (Fsp3) is 0.526. The molecule has 1 spiro atoms. The molecule has 3 rings (SSSR count). The summed E-state index contributed by atoms with van der Waals surface area (Å²) in [6.45, 7) is 3.22. The first-order valence-electron chi connectivity index (χ1n) is 8.56. The number of allylic oxidation sites excluding steroid dienone is 2. The lowest BCUT2D eigenvalue weighted by atomic mass is 9.71. The van der Waals surface area contributed by atoms with Crippen molar-refractivity contribution in [2.75, 3.05) is 24.2 Å². The third-order valence-corrected chi connectivity index (χ3v) is 6.47. The number of hydrogen-bond acceptors (Lipinski definition) is 4. The van der Waals surface area contributed by atoms with Crippen LogP contribution in [-0.4, -0.2) is 33.5 Å². The molecule has 0 unspecified atom stereocenters. The molecule has 1 aliphatic carbocycles. The van der Waals surface area contributed by atoms with Crippen LogP contribution in [0.15, 0.2) is 35.2 Å². The average Bonchev–Trinajstić information content (AvgIpc) is 2.54. The molecule has 130 valence electrons. The molecule has 0 bridgehead atoms. The van der Waals surface area contributed by atoms with E-state index >= 15 is 0 Å². The number of piperidine rings is 1. The van der Waals surface area contributed by atoms with Crippen LogP contribution in [-0.2, 0) is 9.84 Å². The zero-order valence-corrected chi connectivity index (χ0v) is 15.2. The molecule has 5 heteroatoms. The van der Waals surface area contributed by atoms with Crippen LogP contribution >= 0.6 is 0 Å². The van der Waals surface area contributed by atoms with Crippen molar-refractivity contribution >= 4 is 21.3 Å². The van der Waals surface area contributed by atoms with Gasteiger partial charge in [-0.05, 0) is 62.6 Å². The summed E-state index contributed by atoms with van der Waals surface area (Å²) in [6, 6.07) is 4.96. The van der Waals surface area contributed by atoms with E-state index < -0.39 is 9.84 Å². The number of nitrogens with zero attached hydrogens (tertiary/aromatic N) is 1. The van der Waals surface area contributed by atoms with Gasteiger partial charge in [0.05, 0.1) is 10.6 Å². The summed E-state index contributed by atoms with van der Waals surface area (Å²) in [5.41, 5.74) is 1.51. The quantitative estimate of drug-likeness (QED) is 0.619. The van der Waals surface area contributed by atoms with Crippen molar-refractivity contribution in [1.29, 1.82) is 0 Å². The molecule has 1 heterocycles. The lowest BCUT2D eigenvalue weighted by molar-refractivity contribution is 0.101. The molecular formula is C19H25NO3S. The van der Waals surface area contributed by atoms with Crippen LogP contribution in [0.25, 0.3) is 0 Å². The summed E-state index contributed by atoms with van der Waals surface area (Å²) >= 11 is 0. The summed E-state index contributed by atoms with van der Waals surface area (Å²) in [6.07, 6.45) is 11.3. The first-order valence-corrected chi connectivity index (χ1v) is 10.4. The van der Waals surface area contributed by atoms with Crippen LogP contribution in [0, 0.1) is 5.41 Å². The molecule has 0 aromatic heterocycles. The number of rotatable bonds is 3. The standard InChI is InChI=1S/C19H25NO3S/c1-15(21)16-7-8-18(24(2,22)23)17(13-16)20-12-6-11-19(14-20)9-4-3-5-10-19/h3-4,7-8,13H,5-6,9-12,14H2,1-2H3/t19-/m0/s1. The predicted molar refractivity (Wildman–Crippen MR) is 96.4 cm³/mol. The van der Waals surface area contributed by atoms with E-state index in [0.717, 1.165) is 38.8 Å². The number of anilines is 1. The van der Waals surface area contributed by atoms with Crippen LogP contribution < -0.4 is 4.90 Å². The summed E-state index contributed by atoms with van der Waals surface area (Å²) < 4.78 is 24.4. The minimum Gasteiger partial charge on any atom is -0.370 e. The zero-order valence-electron chi connectivity index (χ0n) is 14.4. The summed E-state index contributed by atoms with van der Waals surface area (Å²) in [7, 11) is -3.33. The van der Waals surface area contributed by atoms with Gasteiger partial charge in [0.15, 0.2) is 15.6 Å².